The van der Waals surface area contributed by atoms with Gasteiger partial charge in [-0.15, -0.1) is 0 Å². The van der Waals surface area contributed by atoms with Crippen molar-refractivity contribution in [3.05, 3.63) is 35.1 Å². The number of imide groups is 1. The van der Waals surface area contributed by atoms with E-state index < -0.39 is 35.4 Å². The molecule has 0 aliphatic heterocycles. The minimum atomic E-state index is -1.17. The van der Waals surface area contributed by atoms with E-state index in [4.69, 9.17) is 4.74 Å². The summed E-state index contributed by atoms with van der Waals surface area (Å²) >= 11 is 1.42. The molecular weight excluding hydrogens is 347 g/mol. The summed E-state index contributed by atoms with van der Waals surface area (Å²) in [5, 5.41) is 4.67. The van der Waals surface area contributed by atoms with Crippen LogP contribution in [0.15, 0.2) is 18.2 Å². The molecule has 0 bridgehead atoms. The highest BCUT2D eigenvalue weighted by Crippen LogP contribution is 2.17. The molecule has 0 aromatic heterocycles. The van der Waals surface area contributed by atoms with Gasteiger partial charge in [0.1, 0.15) is 5.82 Å². The Balaban J connectivity index is 2.68. The first kappa shape index (κ1) is 21.0. The molecule has 1 aromatic rings. The summed E-state index contributed by atoms with van der Waals surface area (Å²) in [4.78, 5) is 35.7. The van der Waals surface area contributed by atoms with Gasteiger partial charge in [-0.25, -0.2) is 14.0 Å². The lowest BCUT2D eigenvalue weighted by Crippen LogP contribution is -2.50. The fourth-order valence-electron chi connectivity index (χ4n) is 1.84. The van der Waals surface area contributed by atoms with Crippen LogP contribution in [-0.4, -0.2) is 35.8 Å². The van der Waals surface area contributed by atoms with E-state index in [1.54, 1.807) is 20.8 Å². The first-order chi connectivity index (χ1) is 11.5. The maximum Gasteiger partial charge on any atom is 0.338 e. The third kappa shape index (κ3) is 7.13. The van der Waals surface area contributed by atoms with Crippen LogP contribution in [0.5, 0.6) is 0 Å². The summed E-state index contributed by atoms with van der Waals surface area (Å²) in [5.41, 5.74) is 0.0133. The molecule has 25 heavy (non-hydrogen) atoms. The van der Waals surface area contributed by atoms with E-state index in [2.05, 4.69) is 10.6 Å². The van der Waals surface area contributed by atoms with E-state index in [-0.39, 0.29) is 5.56 Å². The standard InChI is InChI=1S/C17H23FN2O4S/c1-10(14(21)19-16(23)20-17(2,3)4)24-15(22)11-6-7-13(18)12(8-11)9-25-5/h6-8,10H,9H2,1-5H3,(H2,19,20,21,23). The topological polar surface area (TPSA) is 84.5 Å². The van der Waals surface area contributed by atoms with Crippen molar-refractivity contribution < 1.29 is 23.5 Å². The Morgan fingerprint density at radius 2 is 1.92 bits per heavy atom. The van der Waals surface area contributed by atoms with Crippen molar-refractivity contribution in [3.8, 4) is 0 Å². The summed E-state index contributed by atoms with van der Waals surface area (Å²) < 4.78 is 18.7. The van der Waals surface area contributed by atoms with E-state index in [1.165, 1.54) is 36.9 Å². The molecule has 0 aliphatic carbocycles. The molecule has 1 rings (SSSR count). The molecule has 6 nitrogen and oxygen atoms in total. The molecule has 0 fully saturated rings. The number of carbonyl (C=O) groups excluding carboxylic acids is 3. The van der Waals surface area contributed by atoms with Gasteiger partial charge in [0.05, 0.1) is 5.56 Å². The van der Waals surface area contributed by atoms with Crippen LogP contribution in [0.1, 0.15) is 43.6 Å². The van der Waals surface area contributed by atoms with Crippen molar-refractivity contribution in [3.63, 3.8) is 0 Å². The van der Waals surface area contributed by atoms with Gasteiger partial charge in [0.15, 0.2) is 6.10 Å². The van der Waals surface area contributed by atoms with Crippen LogP contribution < -0.4 is 10.6 Å². The Bertz CT molecular complexity index is 659. The molecule has 3 amide bonds. The normalized spacial score (nSPS) is 12.2. The number of benzene rings is 1. The van der Waals surface area contributed by atoms with Gasteiger partial charge < -0.3 is 10.1 Å². The van der Waals surface area contributed by atoms with Crippen LogP contribution in [0.2, 0.25) is 0 Å². The number of hydrogen-bond donors (Lipinski definition) is 2. The molecule has 1 unspecified atom stereocenters. The van der Waals surface area contributed by atoms with Gasteiger partial charge in [0.25, 0.3) is 5.91 Å². The smallest absolute Gasteiger partial charge is 0.338 e. The predicted molar refractivity (Wildman–Crippen MR) is 94.9 cm³/mol. The number of amides is 3. The summed E-state index contributed by atoms with van der Waals surface area (Å²) in [5.74, 6) is -1.51. The monoisotopic (exact) mass is 370 g/mol. The molecule has 138 valence electrons. The van der Waals surface area contributed by atoms with Gasteiger partial charge >= 0.3 is 12.0 Å². The number of halogens is 1. The van der Waals surface area contributed by atoms with Gasteiger partial charge in [0.2, 0.25) is 0 Å². The molecule has 1 atom stereocenters. The van der Waals surface area contributed by atoms with Gasteiger partial charge in [-0.05, 0) is 57.7 Å². The highest BCUT2D eigenvalue weighted by atomic mass is 32.2. The molecule has 0 heterocycles. The van der Waals surface area contributed by atoms with Crippen LogP contribution in [-0.2, 0) is 15.3 Å². The highest BCUT2D eigenvalue weighted by molar-refractivity contribution is 7.97. The van der Waals surface area contributed by atoms with Gasteiger partial charge in [-0.1, -0.05) is 0 Å². The van der Waals surface area contributed by atoms with Crippen molar-refractivity contribution in [1.82, 2.24) is 10.6 Å². The summed E-state index contributed by atoms with van der Waals surface area (Å²) in [6.07, 6.45) is 0.645. The molecule has 8 heteroatoms. The molecular formula is C17H23FN2O4S. The molecule has 0 aliphatic rings. The highest BCUT2D eigenvalue weighted by Gasteiger charge is 2.23. The van der Waals surface area contributed by atoms with Crippen LogP contribution >= 0.6 is 11.8 Å². The maximum absolute atomic E-state index is 13.6. The summed E-state index contributed by atoms with van der Waals surface area (Å²) in [6.45, 7) is 6.65. The number of urea groups is 1. The predicted octanol–water partition coefficient (Wildman–Crippen LogP) is 2.86. The lowest BCUT2D eigenvalue weighted by molar-refractivity contribution is -0.127. The van der Waals surface area contributed by atoms with Crippen LogP contribution in [0.3, 0.4) is 0 Å². The Labute approximate surface area is 150 Å². The Morgan fingerprint density at radius 3 is 2.48 bits per heavy atom. The van der Waals surface area contributed by atoms with Crippen LogP contribution in [0, 0.1) is 5.82 Å². The van der Waals surface area contributed by atoms with Crippen molar-refractivity contribution in [2.45, 2.75) is 45.1 Å². The Kier molecular flexibility index (Phi) is 7.41. The van der Waals surface area contributed by atoms with E-state index >= 15 is 0 Å². The molecule has 1 aromatic carbocycles. The minimum absolute atomic E-state index is 0.143. The van der Waals surface area contributed by atoms with Crippen LogP contribution in [0.4, 0.5) is 9.18 Å². The van der Waals surface area contributed by atoms with Crippen molar-refractivity contribution >= 4 is 29.7 Å². The van der Waals surface area contributed by atoms with Crippen molar-refractivity contribution in [2.75, 3.05) is 6.26 Å². The quantitative estimate of drug-likeness (QED) is 0.779. The first-order valence-electron chi connectivity index (χ1n) is 7.65. The maximum atomic E-state index is 13.6. The zero-order valence-corrected chi connectivity index (χ0v) is 15.8. The third-order valence-corrected chi connectivity index (χ3v) is 3.56. The van der Waals surface area contributed by atoms with E-state index in [0.29, 0.717) is 11.3 Å². The fourth-order valence-corrected chi connectivity index (χ4v) is 2.37. The van der Waals surface area contributed by atoms with Crippen molar-refractivity contribution in [1.29, 1.82) is 0 Å². The second kappa shape index (κ2) is 8.84. The van der Waals surface area contributed by atoms with Gasteiger partial charge in [-0.2, -0.15) is 11.8 Å². The average Bonchev–Trinajstić information content (AvgIpc) is 2.47. The van der Waals surface area contributed by atoms with Gasteiger partial charge in [-0.3, -0.25) is 10.1 Å². The number of ether oxygens (including phenoxy) is 1. The second-order valence-electron chi connectivity index (χ2n) is 6.48. The zero-order chi connectivity index (χ0) is 19.2. The van der Waals surface area contributed by atoms with Crippen LogP contribution in [0.25, 0.3) is 0 Å². The van der Waals surface area contributed by atoms with E-state index in [9.17, 15) is 18.8 Å². The number of hydrogen-bond acceptors (Lipinski definition) is 5. The van der Waals surface area contributed by atoms with E-state index in [1.807, 2.05) is 6.26 Å². The second-order valence-corrected chi connectivity index (χ2v) is 7.35. The fraction of sp³-hybridized carbons (Fsp3) is 0.471. The summed E-state index contributed by atoms with van der Waals surface area (Å²) in [6, 6.07) is 3.19. The van der Waals surface area contributed by atoms with E-state index in [0.717, 1.165) is 0 Å². The lowest BCUT2D eigenvalue weighted by atomic mass is 10.1. The molecule has 0 saturated heterocycles. The third-order valence-electron chi connectivity index (χ3n) is 2.96. The zero-order valence-electron chi connectivity index (χ0n) is 14.9. The molecule has 0 spiro atoms. The number of rotatable bonds is 5. The number of esters is 1. The Hall–Kier alpha value is -2.09. The molecule has 0 saturated carbocycles. The number of nitrogens with one attached hydrogen (secondary N) is 2. The van der Waals surface area contributed by atoms with Gasteiger partial charge in [0, 0.05) is 11.3 Å². The number of thioether (sulfide) groups is 1. The Morgan fingerprint density at radius 1 is 1.28 bits per heavy atom. The molecule has 2 N–H and O–H groups in total. The average molecular weight is 370 g/mol. The summed E-state index contributed by atoms with van der Waals surface area (Å²) in [7, 11) is 0. The molecule has 0 radical (unpaired) electrons. The minimum Gasteiger partial charge on any atom is -0.449 e. The first-order valence-corrected chi connectivity index (χ1v) is 9.04. The van der Waals surface area contributed by atoms with Crippen molar-refractivity contribution in [2.24, 2.45) is 0 Å². The lowest BCUT2D eigenvalue weighted by Gasteiger charge is -2.21. The largest absolute Gasteiger partial charge is 0.449 e. The SMILES string of the molecule is CSCc1cc(C(=O)OC(C)C(=O)NC(=O)NC(C)(C)C)ccc1F. The number of carbonyl (C=O) groups is 3.